The van der Waals surface area contributed by atoms with Crippen LogP contribution in [0.3, 0.4) is 0 Å². The Balaban J connectivity index is 0.000000147. The van der Waals surface area contributed by atoms with Crippen LogP contribution in [-0.4, -0.2) is 68.1 Å². The summed E-state index contributed by atoms with van der Waals surface area (Å²) in [6.45, 7) is 52.6. The van der Waals surface area contributed by atoms with Gasteiger partial charge >= 0.3 is 0 Å². The molecule has 16 N–H and O–H groups in total. The van der Waals surface area contributed by atoms with Crippen molar-refractivity contribution < 1.29 is 4.39 Å². The molecule has 0 saturated heterocycles. The van der Waals surface area contributed by atoms with Crippen LogP contribution in [0.5, 0.6) is 0 Å². The van der Waals surface area contributed by atoms with Crippen LogP contribution in [0.2, 0.25) is 0 Å². The van der Waals surface area contributed by atoms with Crippen LogP contribution in [0.25, 0.3) is 85.5 Å². The molecule has 129 heavy (non-hydrogen) atoms. The number of nitrogens with zero attached hydrogens (tertiary/aromatic N) is 18. The van der Waals surface area contributed by atoms with E-state index in [0.29, 0.717) is 97.0 Å². The van der Waals surface area contributed by atoms with Gasteiger partial charge in [0.1, 0.15) is 52.4 Å². The number of nitrogen functional groups attached to an aromatic ring is 6. The molecule has 8 heterocycles. The summed E-state index contributed by atoms with van der Waals surface area (Å²) in [5.74, 6) is 1.49. The second kappa shape index (κ2) is 38.2. The molecule has 8 aromatic heterocycles. The number of rotatable bonds is 18. The summed E-state index contributed by atoms with van der Waals surface area (Å²) in [6.07, 6.45) is 1.11. The molecule has 33 heteroatoms. The third-order valence-electron chi connectivity index (χ3n) is 21.8. The summed E-state index contributed by atoms with van der Waals surface area (Å²) in [5.41, 5.74) is 46.6. The Morgan fingerprint density at radius 1 is 0.349 bits per heavy atom. The van der Waals surface area contributed by atoms with Gasteiger partial charge in [0.25, 0.3) is 33.6 Å². The zero-order valence-corrected chi connectivity index (χ0v) is 72.6. The summed E-state index contributed by atoms with van der Waals surface area (Å²) in [5, 5.41) is 16.1. The van der Waals surface area contributed by atoms with Crippen molar-refractivity contribution in [3.05, 3.63) is 349 Å². The highest BCUT2D eigenvalue weighted by Gasteiger charge is 2.29. The van der Waals surface area contributed by atoms with Crippen molar-refractivity contribution in [3.8, 4) is 22.7 Å². The normalized spacial score (nSPS) is 11.8. The summed E-state index contributed by atoms with van der Waals surface area (Å²) < 4.78 is 21.1. The average Bonchev–Trinajstić information content (AvgIpc) is 0.766. The zero-order chi connectivity index (χ0) is 92.5. The number of aromatic nitrogens is 14. The van der Waals surface area contributed by atoms with Gasteiger partial charge in [0.05, 0.1) is 117 Å². The smallest absolute Gasteiger partial charge is 0.268 e. The number of halogens is 1. The Morgan fingerprint density at radius 3 is 1.09 bits per heavy atom. The van der Waals surface area contributed by atoms with Crippen molar-refractivity contribution in [1.29, 1.82) is 0 Å². The molecule has 8 aromatic carbocycles. The summed E-state index contributed by atoms with van der Waals surface area (Å²) in [7, 11) is 0. The molecule has 0 fully saturated rings. The van der Waals surface area contributed by atoms with E-state index < -0.39 is 29.5 Å². The van der Waals surface area contributed by atoms with Crippen molar-refractivity contribution in [1.82, 2.24) is 68.1 Å². The third kappa shape index (κ3) is 18.2. The van der Waals surface area contributed by atoms with Crippen LogP contribution >= 0.6 is 0 Å². The third-order valence-corrected chi connectivity index (χ3v) is 21.8. The maximum absolute atomic E-state index is 14.6. The van der Waals surface area contributed by atoms with Gasteiger partial charge in [-0.05, 0) is 187 Å². The second-order valence-electron chi connectivity index (χ2n) is 30.5. The maximum atomic E-state index is 14.6. The highest BCUT2D eigenvalue weighted by molar-refractivity contribution is 5.88. The van der Waals surface area contributed by atoms with Gasteiger partial charge in [-0.2, -0.15) is 0 Å². The number of aryl methyl sites for hydroxylation is 8. The molecule has 32 nitrogen and oxygen atoms in total. The van der Waals surface area contributed by atoms with Crippen molar-refractivity contribution >= 4 is 125 Å². The number of para-hydroxylation sites is 4. The fourth-order valence-corrected chi connectivity index (χ4v) is 15.5. The van der Waals surface area contributed by atoms with E-state index in [1.54, 1.807) is 45.7 Å². The summed E-state index contributed by atoms with van der Waals surface area (Å²) in [6, 6.07) is 55.8. The molecule has 16 rings (SSSR count). The predicted molar refractivity (Wildman–Crippen MR) is 509 cm³/mol. The lowest BCUT2D eigenvalue weighted by molar-refractivity contribution is 0.637. The fraction of sp³-hybridized carbons (Fsp3) is 0.188. The van der Waals surface area contributed by atoms with E-state index in [-0.39, 0.29) is 98.1 Å². The molecule has 16 aromatic rings. The topological polar surface area (TPSA) is 439 Å². The molecule has 0 radical (unpaired) electrons. The minimum Gasteiger partial charge on any atom is -0.392 e. The molecular weight excluding hydrogens is 1630 g/mol. The van der Waals surface area contributed by atoms with E-state index in [1.165, 1.54) is 10.6 Å². The highest BCUT2D eigenvalue weighted by atomic mass is 19.1. The predicted octanol–water partition coefficient (Wildman–Crippen LogP) is 17.7. The standard InChI is InChI=1S/C25H24N6O.C24H21FN6O.C24H24N8O.C23H22N8O/c1-14-9-6-7-12-19(14)31-20(13-18-11-8-10-15(2)21(18)24(31)32)16(3)28-23-22(27-5)17(4)29-25(26)30-23;1-13-8-5-6-11-18(13)31-19(12-16-9-7-10-17(25)20(16)23(31)32)14(2)28-22-21(27-4)15(3)29-24(26)30-22;1-5-15(28-21-19(27-4)20(25)30-24(26)31-21)22-29-16-11-8-10-14(3)18(16)23(33)32(22)17-12-7-6-9-13(17)2;1-4-15(27-20-18(26-3)19(24)29-23(25)30-20)21-28-16-12-8-9-13(2)17(16)22(32)31(21)14-10-6-5-7-11-14/h6-13,16H,1-4H3,(H3,26,28,29,30);5-12,14H,1-3H3,(H3,26,28,29,30);6-12,15H,5H2,1-3H3,(H5,25,26,28,30,31);5-12,15H,4H2,1-2H3,(H5,24,25,27,29,30)/t16-;14-;2*15-/m0000/s1. The van der Waals surface area contributed by atoms with E-state index in [0.717, 1.165) is 55.8 Å². The molecule has 0 aliphatic carbocycles. The number of nitrogens with two attached hydrogens (primary N) is 6. The van der Waals surface area contributed by atoms with E-state index in [9.17, 15) is 23.6 Å². The first-order valence-corrected chi connectivity index (χ1v) is 40.9. The van der Waals surface area contributed by atoms with Crippen LogP contribution in [0.4, 0.5) is 85.8 Å². The molecule has 0 amide bonds. The number of benzene rings is 8. The summed E-state index contributed by atoms with van der Waals surface area (Å²) in [4.78, 5) is 111. The lowest BCUT2D eigenvalue weighted by Gasteiger charge is -2.24. The second-order valence-corrected chi connectivity index (χ2v) is 30.5. The van der Waals surface area contributed by atoms with Gasteiger partial charge in [0.15, 0.2) is 0 Å². The minimum atomic E-state index is -0.573. The highest BCUT2D eigenvalue weighted by Crippen LogP contribution is 2.39. The van der Waals surface area contributed by atoms with E-state index in [2.05, 4.69) is 80.5 Å². The Labute approximate surface area is 740 Å². The van der Waals surface area contributed by atoms with Gasteiger partial charge in [-0.3, -0.25) is 37.4 Å². The fourth-order valence-electron chi connectivity index (χ4n) is 15.5. The quantitative estimate of drug-likeness (QED) is 0.0357. The van der Waals surface area contributed by atoms with E-state index in [4.69, 9.17) is 70.7 Å². The molecule has 0 aliphatic heterocycles. The van der Waals surface area contributed by atoms with Gasteiger partial charge in [-0.1, -0.05) is 141 Å². The Hall–Kier alpha value is -17.3. The van der Waals surface area contributed by atoms with Crippen LogP contribution in [0.15, 0.2) is 207 Å². The van der Waals surface area contributed by atoms with Crippen LogP contribution in [0.1, 0.15) is 133 Å². The first-order valence-electron chi connectivity index (χ1n) is 40.9. The number of nitrogens with one attached hydrogen (secondary N) is 4. The van der Waals surface area contributed by atoms with E-state index in [1.807, 2.05) is 233 Å². The van der Waals surface area contributed by atoms with Gasteiger partial charge < -0.3 is 55.7 Å². The number of anilines is 10. The monoisotopic (exact) mass is 1720 g/mol. The lowest BCUT2D eigenvalue weighted by Crippen LogP contribution is -2.29. The van der Waals surface area contributed by atoms with Crippen LogP contribution in [0, 0.1) is 87.5 Å². The van der Waals surface area contributed by atoms with Gasteiger partial charge in [-0.15, -0.1) is 0 Å². The number of fused-ring (bicyclic) bond motifs is 4. The van der Waals surface area contributed by atoms with E-state index >= 15 is 0 Å². The molecule has 0 saturated carbocycles. The molecule has 4 atom stereocenters. The van der Waals surface area contributed by atoms with Crippen molar-refractivity contribution in [2.24, 2.45) is 0 Å². The van der Waals surface area contributed by atoms with Gasteiger partial charge in [-0.25, -0.2) is 73.6 Å². The lowest BCUT2D eigenvalue weighted by atomic mass is 10.0. The number of pyridine rings is 2. The van der Waals surface area contributed by atoms with Crippen LogP contribution in [-0.2, 0) is 0 Å². The molecule has 646 valence electrons. The Kier molecular flexibility index (Phi) is 26.5. The molecule has 0 aliphatic rings. The number of hydrogen-bond donors (Lipinski definition) is 10. The minimum absolute atomic E-state index is 0.00626. The Morgan fingerprint density at radius 2 is 0.674 bits per heavy atom. The van der Waals surface area contributed by atoms with Crippen molar-refractivity contribution in [2.45, 2.75) is 120 Å². The van der Waals surface area contributed by atoms with Crippen LogP contribution < -0.4 is 77.9 Å². The van der Waals surface area contributed by atoms with Gasteiger partial charge in [0, 0.05) is 11.4 Å². The molecule has 0 unspecified atom stereocenters. The zero-order valence-electron chi connectivity index (χ0n) is 72.6. The average molecular weight is 1720 g/mol. The van der Waals surface area contributed by atoms with Gasteiger partial charge in [0.2, 0.25) is 35.2 Å². The Bertz CT molecular complexity index is 7330. The largest absolute Gasteiger partial charge is 0.392 e. The van der Waals surface area contributed by atoms with Crippen molar-refractivity contribution in [3.63, 3.8) is 0 Å². The van der Waals surface area contributed by atoms with Crippen molar-refractivity contribution in [2.75, 3.05) is 55.7 Å². The number of hydrogen-bond acceptors (Lipinski definition) is 24. The summed E-state index contributed by atoms with van der Waals surface area (Å²) >= 11 is 0. The molecular formula is C96H91FN28O4. The first kappa shape index (κ1) is 89.4. The first-order chi connectivity index (χ1) is 61.9. The maximum Gasteiger partial charge on any atom is 0.268 e. The molecule has 0 spiro atoms. The molecule has 0 bridgehead atoms. The SMILES string of the molecule is [C-]#[N+]c1c(C)nc(N)nc1N[C@@H](C)c1cc2cccc(C)c2c(=O)n1-c1ccccc1C.[C-]#[N+]c1c(C)nc(N)nc1N[C@@H](C)c1cc2cccc(F)c2c(=O)n1-c1ccccc1C.[C-]#[N+]c1c(N)nc(N)nc1N[C@@H](CC)c1nc2cccc(C)c2c(=O)n1-c1ccccc1.[C-]#[N+]c1c(N)nc(N)nc1N[C@@H](CC)c1nc2cccc(C)c2c(=O)n1-c1ccccc1C.